The fraction of sp³-hybridized carbons (Fsp3) is 0.679. The second-order valence-corrected chi connectivity index (χ2v) is 12.3. The van der Waals surface area contributed by atoms with Gasteiger partial charge in [0.15, 0.2) is 0 Å². The Morgan fingerprint density at radius 2 is 1.79 bits per heavy atom. The van der Waals surface area contributed by atoms with Crippen molar-refractivity contribution in [1.82, 2.24) is 35.1 Å². The van der Waals surface area contributed by atoms with Gasteiger partial charge in [-0.3, -0.25) is 19.5 Å². The molecule has 0 aromatic carbocycles. The van der Waals surface area contributed by atoms with Gasteiger partial charge in [0.25, 0.3) is 0 Å². The highest BCUT2D eigenvalue weighted by Gasteiger charge is 2.46. The highest BCUT2D eigenvalue weighted by Crippen LogP contribution is 2.40. The first kappa shape index (κ1) is 26.7. The smallest absolute Gasteiger partial charge is 0.248 e. The van der Waals surface area contributed by atoms with Crippen molar-refractivity contribution in [3.63, 3.8) is 0 Å². The number of carbonyl (C=O) groups is 2. The Balaban J connectivity index is 1.23. The lowest BCUT2D eigenvalue weighted by Crippen LogP contribution is -2.53. The monoisotopic (exact) mass is 523 g/mol. The van der Waals surface area contributed by atoms with E-state index >= 15 is 0 Å². The van der Waals surface area contributed by atoms with E-state index in [-0.39, 0.29) is 30.8 Å². The first-order chi connectivity index (χ1) is 18.1. The van der Waals surface area contributed by atoms with Gasteiger partial charge in [-0.25, -0.2) is 4.68 Å². The zero-order chi connectivity index (χ0) is 27.0. The van der Waals surface area contributed by atoms with Crippen LogP contribution < -0.4 is 5.32 Å². The van der Waals surface area contributed by atoms with E-state index in [2.05, 4.69) is 32.4 Å². The third-order valence-corrected chi connectivity index (χ3v) is 8.32. The quantitative estimate of drug-likeness (QED) is 0.573. The normalized spacial score (nSPS) is 24.8. The predicted molar refractivity (Wildman–Crippen MR) is 142 cm³/mol. The van der Waals surface area contributed by atoms with Crippen LogP contribution in [0.2, 0.25) is 0 Å². The predicted octanol–water partition coefficient (Wildman–Crippen LogP) is 2.44. The molecule has 38 heavy (non-hydrogen) atoms. The summed E-state index contributed by atoms with van der Waals surface area (Å²) in [7, 11) is 0. The van der Waals surface area contributed by atoms with Gasteiger partial charge in [0.1, 0.15) is 12.1 Å². The Kier molecular flexibility index (Phi) is 7.55. The number of aliphatic hydroxyl groups is 1. The molecule has 0 spiro atoms. The molecule has 0 bridgehead atoms. The molecule has 4 atom stereocenters. The molecule has 2 saturated heterocycles. The molecule has 2 aromatic rings. The van der Waals surface area contributed by atoms with Gasteiger partial charge in [-0.2, -0.15) is 0 Å². The summed E-state index contributed by atoms with van der Waals surface area (Å²) in [4.78, 5) is 35.5. The van der Waals surface area contributed by atoms with Crippen LogP contribution in [0.3, 0.4) is 0 Å². The van der Waals surface area contributed by atoms with Crippen molar-refractivity contribution in [1.29, 1.82) is 0 Å². The number of piperidine rings is 1. The lowest BCUT2D eigenvalue weighted by Gasteiger charge is -2.37. The van der Waals surface area contributed by atoms with Gasteiger partial charge >= 0.3 is 0 Å². The number of β-amino-alcohol motifs (C(OH)–C–C–N with tert-alkyl or cyclic N) is 1. The Morgan fingerprint density at radius 1 is 1.11 bits per heavy atom. The minimum absolute atomic E-state index is 0.0490. The summed E-state index contributed by atoms with van der Waals surface area (Å²) in [5.74, 6) is 0.0635. The fourth-order valence-corrected chi connectivity index (χ4v) is 5.91. The number of nitrogens with zero attached hydrogens (tertiary/aromatic N) is 6. The number of nitrogens with one attached hydrogen (secondary N) is 1. The van der Waals surface area contributed by atoms with E-state index in [0.717, 1.165) is 44.5 Å². The van der Waals surface area contributed by atoms with Crippen LogP contribution in [0.15, 0.2) is 30.7 Å². The number of aromatic nitrogens is 4. The van der Waals surface area contributed by atoms with E-state index in [1.54, 1.807) is 9.58 Å². The van der Waals surface area contributed by atoms with E-state index < -0.39 is 23.6 Å². The molecule has 4 heterocycles. The lowest BCUT2D eigenvalue weighted by molar-refractivity contribution is -0.144. The molecule has 2 N–H and O–H groups in total. The van der Waals surface area contributed by atoms with Crippen LogP contribution in [0.4, 0.5) is 0 Å². The van der Waals surface area contributed by atoms with Crippen LogP contribution in [0.5, 0.6) is 0 Å². The number of amides is 2. The second kappa shape index (κ2) is 10.7. The van der Waals surface area contributed by atoms with Crippen LogP contribution in [0.1, 0.15) is 89.1 Å². The van der Waals surface area contributed by atoms with Gasteiger partial charge < -0.3 is 15.3 Å². The van der Waals surface area contributed by atoms with E-state index in [1.807, 2.05) is 51.5 Å². The minimum Gasteiger partial charge on any atom is -0.391 e. The maximum atomic E-state index is 13.9. The van der Waals surface area contributed by atoms with E-state index in [9.17, 15) is 14.7 Å². The molecule has 5 rings (SSSR count). The largest absolute Gasteiger partial charge is 0.391 e. The lowest BCUT2D eigenvalue weighted by atomic mass is 9.85. The average Bonchev–Trinajstić information content (AvgIpc) is 3.50. The van der Waals surface area contributed by atoms with Crippen LogP contribution in [0, 0.1) is 5.41 Å². The second-order valence-electron chi connectivity index (χ2n) is 12.3. The zero-order valence-corrected chi connectivity index (χ0v) is 23.0. The van der Waals surface area contributed by atoms with Crippen molar-refractivity contribution in [2.24, 2.45) is 5.41 Å². The van der Waals surface area contributed by atoms with Gasteiger partial charge in [0.2, 0.25) is 11.8 Å². The number of rotatable bonds is 7. The standard InChI is InChI=1S/C28H41N7O3/c1-18(19-7-11-29-12-8-19)33-13-9-21(10-14-33)30-26(37)24-15-22(36)16-34(24)27(38)25(28(2,3)4)35-17-23(31-32-35)20-5-6-20/h7-8,11-12,17-18,20-22,24-25,36H,5-6,9-10,13-16H2,1-4H3,(H,30,37)/t18?,22-,24+,25-/m0/s1. The molecule has 1 unspecified atom stereocenters. The molecule has 0 radical (unpaired) electrons. The highest BCUT2D eigenvalue weighted by molar-refractivity contribution is 5.90. The van der Waals surface area contributed by atoms with Gasteiger partial charge in [0.05, 0.1) is 11.8 Å². The molecule has 10 heteroatoms. The number of likely N-dealkylation sites (tertiary alicyclic amines) is 2. The molecule has 2 aliphatic heterocycles. The van der Waals surface area contributed by atoms with E-state index in [4.69, 9.17) is 0 Å². The molecule has 10 nitrogen and oxygen atoms in total. The Hall–Kier alpha value is -2.85. The maximum absolute atomic E-state index is 13.9. The summed E-state index contributed by atoms with van der Waals surface area (Å²) in [5.41, 5.74) is 1.72. The number of hydrogen-bond donors (Lipinski definition) is 2. The van der Waals surface area contributed by atoms with Crippen molar-refractivity contribution in [2.45, 2.75) is 96.0 Å². The Morgan fingerprint density at radius 3 is 2.42 bits per heavy atom. The third-order valence-electron chi connectivity index (χ3n) is 8.32. The van der Waals surface area contributed by atoms with E-state index in [0.29, 0.717) is 12.0 Å². The van der Waals surface area contributed by atoms with Crippen LogP contribution >= 0.6 is 0 Å². The summed E-state index contributed by atoms with van der Waals surface area (Å²) < 4.78 is 1.66. The summed E-state index contributed by atoms with van der Waals surface area (Å²) in [6, 6.07) is 3.13. The Labute approximate surface area is 224 Å². The summed E-state index contributed by atoms with van der Waals surface area (Å²) in [5, 5.41) is 22.3. The van der Waals surface area contributed by atoms with Crippen molar-refractivity contribution >= 4 is 11.8 Å². The van der Waals surface area contributed by atoms with Crippen molar-refractivity contribution < 1.29 is 14.7 Å². The van der Waals surface area contributed by atoms with Crippen molar-refractivity contribution in [2.75, 3.05) is 19.6 Å². The Bertz CT molecular complexity index is 1120. The van der Waals surface area contributed by atoms with Gasteiger partial charge in [-0.15, -0.1) is 5.10 Å². The molecule has 3 fully saturated rings. The molecule has 206 valence electrons. The van der Waals surface area contributed by atoms with Crippen LogP contribution in [-0.2, 0) is 9.59 Å². The molecule has 2 amide bonds. The summed E-state index contributed by atoms with van der Waals surface area (Å²) >= 11 is 0. The van der Waals surface area contributed by atoms with Gasteiger partial charge in [-0.05, 0) is 55.7 Å². The SMILES string of the molecule is CC(c1ccncc1)N1CCC(NC(=O)[C@H]2C[C@H](O)CN2C(=O)[C@H](n2cc(C3CC3)nn2)C(C)(C)C)CC1. The highest BCUT2D eigenvalue weighted by atomic mass is 16.3. The molecular weight excluding hydrogens is 482 g/mol. The number of aliphatic hydroxyl groups excluding tert-OH is 1. The van der Waals surface area contributed by atoms with Crippen molar-refractivity contribution in [3.05, 3.63) is 42.0 Å². The van der Waals surface area contributed by atoms with E-state index in [1.165, 1.54) is 5.56 Å². The van der Waals surface area contributed by atoms with Gasteiger partial charge in [0, 0.05) is 62.6 Å². The van der Waals surface area contributed by atoms with Gasteiger partial charge in [-0.1, -0.05) is 26.0 Å². The first-order valence-electron chi connectivity index (χ1n) is 14.0. The minimum atomic E-state index is -0.726. The topological polar surface area (TPSA) is 116 Å². The maximum Gasteiger partial charge on any atom is 0.248 e. The molecule has 1 saturated carbocycles. The zero-order valence-electron chi connectivity index (χ0n) is 23.0. The average molecular weight is 524 g/mol. The molecule has 1 aliphatic carbocycles. The van der Waals surface area contributed by atoms with Crippen LogP contribution in [0.25, 0.3) is 0 Å². The number of carbonyl (C=O) groups excluding carboxylic acids is 2. The third kappa shape index (κ3) is 5.76. The van der Waals surface area contributed by atoms with Crippen molar-refractivity contribution in [3.8, 4) is 0 Å². The fourth-order valence-electron chi connectivity index (χ4n) is 5.91. The molecular formula is C28H41N7O3. The van der Waals surface area contributed by atoms with Crippen LogP contribution in [-0.4, -0.2) is 84.5 Å². The summed E-state index contributed by atoms with van der Waals surface area (Å²) in [6.45, 7) is 10.1. The summed E-state index contributed by atoms with van der Waals surface area (Å²) in [6.07, 6.45) is 8.95. The number of hydrogen-bond acceptors (Lipinski definition) is 7. The molecule has 3 aliphatic rings. The number of pyridine rings is 1. The first-order valence-corrected chi connectivity index (χ1v) is 14.0. The molecule has 2 aromatic heterocycles.